The minimum Gasteiger partial charge on any atom is -0.464 e. The van der Waals surface area contributed by atoms with Crippen LogP contribution in [0, 0.1) is 11.3 Å². The van der Waals surface area contributed by atoms with Gasteiger partial charge in [-0.25, -0.2) is 0 Å². The lowest BCUT2D eigenvalue weighted by Crippen LogP contribution is -2.62. The third-order valence-electron chi connectivity index (χ3n) is 12.8. The van der Waals surface area contributed by atoms with Crippen molar-refractivity contribution in [2.24, 2.45) is 40.0 Å². The van der Waals surface area contributed by atoms with Gasteiger partial charge in [-0.05, 0) is 111 Å². The van der Waals surface area contributed by atoms with E-state index in [2.05, 4.69) is 53.2 Å². The fraction of sp³-hybridized carbons (Fsp3) is 0.679. The molecule has 0 unspecified atom stereocenters. The number of esters is 1. The number of hydrogen-bond donors (Lipinski definition) is 17. The molecular formula is C53H91N15O14S. The Balaban J connectivity index is 2.64. The van der Waals surface area contributed by atoms with Crippen LogP contribution >= 0.6 is 11.8 Å². The number of aliphatic hydroxyl groups excluding tert-OH is 2. The summed E-state index contributed by atoms with van der Waals surface area (Å²) in [4.78, 5) is 152. The fourth-order valence-corrected chi connectivity index (χ4v) is 8.91. The van der Waals surface area contributed by atoms with Gasteiger partial charge in [0.05, 0.1) is 23.7 Å². The molecule has 22 N–H and O–H groups in total. The number of amides is 10. The van der Waals surface area contributed by atoms with Crippen molar-refractivity contribution in [1.82, 2.24) is 53.2 Å². The number of ether oxygens (including phenoxy) is 1. The molecule has 1 aliphatic rings. The number of carbonyl (C=O) groups is 11. The third-order valence-corrected chi connectivity index (χ3v) is 13.9. The predicted octanol–water partition coefficient (Wildman–Crippen LogP) is -6.04. The first-order chi connectivity index (χ1) is 39.1. The summed E-state index contributed by atoms with van der Waals surface area (Å²) in [5, 5.41) is 46.7. The van der Waals surface area contributed by atoms with Crippen molar-refractivity contribution in [1.29, 1.82) is 0 Å². The summed E-state index contributed by atoms with van der Waals surface area (Å²) in [5.74, 6) is -9.59. The van der Waals surface area contributed by atoms with Gasteiger partial charge in [0, 0.05) is 24.5 Å². The molecule has 1 aromatic carbocycles. The third kappa shape index (κ3) is 25.9. The molecule has 1 fully saturated rings. The number of nitrogens with one attached hydrogen (secondary N) is 10. The van der Waals surface area contributed by atoms with Crippen LogP contribution in [-0.4, -0.2) is 199 Å². The van der Waals surface area contributed by atoms with E-state index in [0.29, 0.717) is 11.3 Å². The van der Waals surface area contributed by atoms with Gasteiger partial charge < -0.3 is 96.8 Å². The van der Waals surface area contributed by atoms with E-state index in [1.54, 1.807) is 65.0 Å². The largest absolute Gasteiger partial charge is 0.464 e. The Morgan fingerprint density at radius 2 is 1.17 bits per heavy atom. The molecule has 29 nitrogen and oxygen atoms in total. The standard InChI is InChI=1S/C53H91N15O14S/c1-28(2)25-38-48(77)62-33(13-18-54)43(72)61-36(16-21-57)47(76)68-40(29(3)69)50(79)59-22-17-37(46(75)60-34(14-19-55)45(74)66-39(49(78)65-38)26-31-11-9-8-10-12-31)63-44(73)35(15-20-56)64-51(80)41(30(4)70)67-42(71)32(58)27-83-24-23-82-52(81)53(5,6)7/h8-12,28-30,32-41,69-70H,13-27,54-58H2,1-7H3,(H,59,79)(H,60,75)(H,61,72)(H,62,77)(H,63,73)(H,64,80)(H,65,78)(H,66,74)(H,67,71)(H,68,76)/t29-,30-,32-,33+,34+,35+,36+,37+,38+,39-,40+,41+/m1/s1. The Labute approximate surface area is 488 Å². The average Bonchev–Trinajstić information content (AvgIpc) is 3.45. The summed E-state index contributed by atoms with van der Waals surface area (Å²) in [6.07, 6.45) is -4.44. The first-order valence-electron chi connectivity index (χ1n) is 27.8. The number of aliphatic hydroxyl groups is 2. The van der Waals surface area contributed by atoms with Crippen molar-refractivity contribution in [3.05, 3.63) is 35.9 Å². The topological polar surface area (TPSA) is 488 Å². The second-order valence-electron chi connectivity index (χ2n) is 21.7. The van der Waals surface area contributed by atoms with Crippen LogP contribution in [-0.2, 0) is 63.9 Å². The van der Waals surface area contributed by atoms with Crippen molar-refractivity contribution < 1.29 is 67.7 Å². The van der Waals surface area contributed by atoms with Crippen molar-refractivity contribution in [3.8, 4) is 0 Å². The molecule has 1 aromatic rings. The molecule has 1 heterocycles. The molecule has 0 radical (unpaired) electrons. The van der Waals surface area contributed by atoms with Gasteiger partial charge >= 0.3 is 5.97 Å². The number of benzene rings is 1. The maximum atomic E-state index is 14.5. The minimum atomic E-state index is -1.69. The Morgan fingerprint density at radius 3 is 1.67 bits per heavy atom. The zero-order valence-corrected chi connectivity index (χ0v) is 49.4. The molecule has 0 aliphatic carbocycles. The lowest BCUT2D eigenvalue weighted by Gasteiger charge is -2.28. The summed E-state index contributed by atoms with van der Waals surface area (Å²) in [6, 6.07) is -6.19. The van der Waals surface area contributed by atoms with Crippen LogP contribution in [0.3, 0.4) is 0 Å². The second kappa shape index (κ2) is 36.9. The molecule has 1 aliphatic heterocycles. The SMILES string of the molecule is CC(C)C[C@@H]1NC(=O)[C@@H](Cc2ccccc2)NC(=O)[C@H](CCN)NC(=O)[C@@H](NC(=O)[C@H](CCN)NC(=O)[C@@H](NC(=O)[C@H](N)CSCCOC(=O)C(C)(C)C)[C@@H](C)O)CCNC(=O)[C@H]([C@@H](C)O)NC(=O)[C@H](CCN)NC(=O)[C@H](CCN)NC1=O. The number of nitrogens with two attached hydrogens (primary N) is 5. The summed E-state index contributed by atoms with van der Waals surface area (Å²) in [7, 11) is 0. The normalized spacial score (nSPS) is 23.0. The number of rotatable bonds is 25. The molecule has 10 amide bonds. The Kier molecular flexibility index (Phi) is 32.3. The number of thioether (sulfide) groups is 1. The Hall–Kier alpha value is -6.54. The fourth-order valence-electron chi connectivity index (χ4n) is 8.14. The van der Waals surface area contributed by atoms with Gasteiger partial charge in [0.25, 0.3) is 0 Å². The molecule has 83 heavy (non-hydrogen) atoms. The molecule has 0 bridgehead atoms. The lowest BCUT2D eigenvalue weighted by molar-refractivity contribution is -0.152. The average molecular weight is 1190 g/mol. The quantitative estimate of drug-likeness (QED) is 0.0320. The van der Waals surface area contributed by atoms with Crippen LogP contribution in [0.15, 0.2) is 30.3 Å². The highest BCUT2D eigenvalue weighted by Crippen LogP contribution is 2.16. The van der Waals surface area contributed by atoms with Crippen molar-refractivity contribution in [2.75, 3.05) is 50.8 Å². The second-order valence-corrected chi connectivity index (χ2v) is 22.8. The first-order valence-corrected chi connectivity index (χ1v) is 29.0. The van der Waals surface area contributed by atoms with Gasteiger partial charge in [-0.15, -0.1) is 0 Å². The molecule has 468 valence electrons. The van der Waals surface area contributed by atoms with Crippen LogP contribution in [0.4, 0.5) is 0 Å². The smallest absolute Gasteiger partial charge is 0.311 e. The highest BCUT2D eigenvalue weighted by Gasteiger charge is 2.37. The molecule has 0 spiro atoms. The van der Waals surface area contributed by atoms with Crippen LogP contribution < -0.4 is 81.8 Å². The van der Waals surface area contributed by atoms with E-state index in [-0.39, 0.29) is 83.0 Å². The van der Waals surface area contributed by atoms with E-state index in [1.807, 2.05) is 0 Å². The predicted molar refractivity (Wildman–Crippen MR) is 308 cm³/mol. The Bertz CT molecular complexity index is 2310. The molecule has 30 heteroatoms. The van der Waals surface area contributed by atoms with Crippen LogP contribution in [0.5, 0.6) is 0 Å². The molecule has 1 saturated heterocycles. The van der Waals surface area contributed by atoms with Gasteiger partial charge in [-0.3, -0.25) is 52.7 Å². The lowest BCUT2D eigenvalue weighted by atomic mass is 9.97. The molecule has 2 rings (SSSR count). The summed E-state index contributed by atoms with van der Waals surface area (Å²) in [6.45, 7) is 9.98. The summed E-state index contributed by atoms with van der Waals surface area (Å²) in [5.41, 5.74) is 29.5. The van der Waals surface area contributed by atoms with Gasteiger partial charge in [0.2, 0.25) is 59.1 Å². The zero-order valence-electron chi connectivity index (χ0n) is 48.6. The van der Waals surface area contributed by atoms with E-state index in [0.717, 1.165) is 0 Å². The van der Waals surface area contributed by atoms with Gasteiger partial charge in [0.1, 0.15) is 61.0 Å². The van der Waals surface area contributed by atoms with E-state index in [9.17, 15) is 63.0 Å². The number of hydrogen-bond acceptors (Lipinski definition) is 20. The summed E-state index contributed by atoms with van der Waals surface area (Å²) < 4.78 is 5.23. The Morgan fingerprint density at radius 1 is 0.663 bits per heavy atom. The molecular weight excluding hydrogens is 1100 g/mol. The van der Waals surface area contributed by atoms with Gasteiger partial charge in [-0.1, -0.05) is 44.2 Å². The van der Waals surface area contributed by atoms with Gasteiger partial charge in [-0.2, -0.15) is 11.8 Å². The highest BCUT2D eigenvalue weighted by atomic mass is 32.2. The maximum absolute atomic E-state index is 14.5. The molecule has 12 atom stereocenters. The molecule has 0 saturated carbocycles. The van der Waals surface area contributed by atoms with Crippen molar-refractivity contribution in [3.63, 3.8) is 0 Å². The van der Waals surface area contributed by atoms with E-state index < -0.39 is 156 Å². The zero-order chi connectivity index (χ0) is 62.6. The van der Waals surface area contributed by atoms with Crippen LogP contribution in [0.1, 0.15) is 92.6 Å². The highest BCUT2D eigenvalue weighted by molar-refractivity contribution is 7.99. The first kappa shape index (κ1) is 72.6. The minimum absolute atomic E-state index is 0.0328. The van der Waals surface area contributed by atoms with Crippen LogP contribution in [0.2, 0.25) is 0 Å². The van der Waals surface area contributed by atoms with E-state index in [1.165, 1.54) is 25.6 Å². The molecule has 0 aromatic heterocycles. The van der Waals surface area contributed by atoms with Crippen molar-refractivity contribution >= 4 is 76.8 Å². The van der Waals surface area contributed by atoms with Crippen molar-refractivity contribution in [2.45, 2.75) is 166 Å². The monoisotopic (exact) mass is 1190 g/mol. The maximum Gasteiger partial charge on any atom is 0.311 e. The number of carbonyl (C=O) groups excluding carboxylic acids is 11. The summed E-state index contributed by atoms with van der Waals surface area (Å²) >= 11 is 1.20. The van der Waals surface area contributed by atoms with E-state index in [4.69, 9.17) is 33.4 Å². The van der Waals surface area contributed by atoms with Gasteiger partial charge in [0.15, 0.2) is 0 Å². The van der Waals surface area contributed by atoms with Crippen LogP contribution in [0.25, 0.3) is 0 Å². The van der Waals surface area contributed by atoms with E-state index >= 15 is 0 Å².